The zero-order chi connectivity index (χ0) is 15.8. The van der Waals surface area contributed by atoms with E-state index in [-0.39, 0.29) is 5.97 Å². The first kappa shape index (κ1) is 13.6. The van der Waals surface area contributed by atoms with E-state index in [0.717, 1.165) is 27.5 Å². The van der Waals surface area contributed by atoms with Crippen LogP contribution in [0.2, 0.25) is 0 Å². The summed E-state index contributed by atoms with van der Waals surface area (Å²) in [5.41, 5.74) is 3.51. The van der Waals surface area contributed by atoms with Crippen LogP contribution < -0.4 is 0 Å². The number of fused-ring (bicyclic) bond motifs is 3. The van der Waals surface area contributed by atoms with Crippen molar-refractivity contribution in [2.75, 3.05) is 7.11 Å². The van der Waals surface area contributed by atoms with Crippen molar-refractivity contribution < 1.29 is 9.53 Å². The van der Waals surface area contributed by atoms with E-state index in [1.165, 1.54) is 7.11 Å². The lowest BCUT2D eigenvalue weighted by Gasteiger charge is -2.06. The van der Waals surface area contributed by atoms with Gasteiger partial charge in [0, 0.05) is 11.6 Å². The van der Waals surface area contributed by atoms with Crippen molar-refractivity contribution in [1.82, 2.24) is 4.40 Å². The Kier molecular flexibility index (Phi) is 3.12. The second-order valence-electron chi connectivity index (χ2n) is 5.42. The molecule has 0 atom stereocenters. The number of aromatic nitrogens is 1. The number of methoxy groups -OCH3 is 1. The summed E-state index contributed by atoms with van der Waals surface area (Å²) >= 11 is 0. The summed E-state index contributed by atoms with van der Waals surface area (Å²) < 4.78 is 7.05. The third kappa shape index (κ3) is 2.09. The molecule has 112 valence electrons. The van der Waals surface area contributed by atoms with Gasteiger partial charge in [0.1, 0.15) is 0 Å². The summed E-state index contributed by atoms with van der Waals surface area (Å²) in [7, 11) is 1.42. The fourth-order valence-electron chi connectivity index (χ4n) is 3.06. The van der Waals surface area contributed by atoms with Gasteiger partial charge >= 0.3 is 5.97 Å². The van der Waals surface area contributed by atoms with Crippen LogP contribution in [0.1, 0.15) is 10.4 Å². The molecule has 2 aromatic carbocycles. The van der Waals surface area contributed by atoms with E-state index in [1.807, 2.05) is 66.9 Å². The number of benzene rings is 2. The predicted molar refractivity (Wildman–Crippen MR) is 91.7 cm³/mol. The van der Waals surface area contributed by atoms with Crippen molar-refractivity contribution in [3.05, 3.63) is 78.5 Å². The van der Waals surface area contributed by atoms with Gasteiger partial charge in [0.05, 0.1) is 23.9 Å². The lowest BCUT2D eigenvalue weighted by atomic mass is 10.1. The third-order valence-corrected chi connectivity index (χ3v) is 4.13. The standard InChI is InChI=1S/C20H15NO2/c1-23-20(22)17-13-18(15-8-3-2-4-9-15)21-12-11-14-7-5-6-10-16(14)19(17)21/h2-13H,1H3. The van der Waals surface area contributed by atoms with E-state index in [0.29, 0.717) is 5.56 Å². The maximum Gasteiger partial charge on any atom is 0.340 e. The van der Waals surface area contributed by atoms with Gasteiger partial charge in [-0.15, -0.1) is 0 Å². The zero-order valence-electron chi connectivity index (χ0n) is 12.7. The third-order valence-electron chi connectivity index (χ3n) is 4.13. The van der Waals surface area contributed by atoms with Crippen molar-refractivity contribution in [2.24, 2.45) is 0 Å². The Balaban J connectivity index is 2.14. The first-order valence-corrected chi connectivity index (χ1v) is 7.46. The number of hydrogen-bond donors (Lipinski definition) is 0. The number of ether oxygens (including phenoxy) is 1. The molecule has 0 aliphatic rings. The van der Waals surface area contributed by atoms with Crippen LogP contribution >= 0.6 is 0 Å². The van der Waals surface area contributed by atoms with E-state index in [1.54, 1.807) is 0 Å². The average molecular weight is 301 g/mol. The van der Waals surface area contributed by atoms with Crippen LogP contribution in [-0.4, -0.2) is 17.5 Å². The fraction of sp³-hybridized carbons (Fsp3) is 0.0500. The van der Waals surface area contributed by atoms with Gasteiger partial charge in [-0.25, -0.2) is 4.79 Å². The molecule has 0 saturated carbocycles. The molecular formula is C20H15NO2. The normalized spacial score (nSPS) is 11.0. The molecule has 0 amide bonds. The van der Waals surface area contributed by atoms with Gasteiger partial charge in [-0.05, 0) is 23.1 Å². The molecule has 0 radical (unpaired) electrons. The number of nitrogens with zero attached hydrogens (tertiary/aromatic N) is 1. The van der Waals surface area contributed by atoms with Gasteiger partial charge in [-0.3, -0.25) is 0 Å². The Morgan fingerprint density at radius 1 is 0.957 bits per heavy atom. The van der Waals surface area contributed by atoms with E-state index in [2.05, 4.69) is 10.5 Å². The SMILES string of the molecule is COC(=O)c1cc(-c2ccccc2)n2ccc3ccccc3c12. The highest BCUT2D eigenvalue weighted by Gasteiger charge is 2.18. The van der Waals surface area contributed by atoms with Crippen LogP contribution in [0, 0.1) is 0 Å². The molecular weight excluding hydrogens is 286 g/mol. The molecule has 0 spiro atoms. The maximum absolute atomic E-state index is 12.3. The summed E-state index contributed by atoms with van der Waals surface area (Å²) in [6.45, 7) is 0. The molecule has 23 heavy (non-hydrogen) atoms. The molecule has 4 rings (SSSR count). The number of rotatable bonds is 2. The smallest absolute Gasteiger partial charge is 0.340 e. The molecule has 0 aliphatic heterocycles. The maximum atomic E-state index is 12.3. The highest BCUT2D eigenvalue weighted by atomic mass is 16.5. The van der Waals surface area contributed by atoms with Crippen LogP contribution in [-0.2, 0) is 4.74 Å². The molecule has 3 nitrogen and oxygen atoms in total. The lowest BCUT2D eigenvalue weighted by Crippen LogP contribution is -2.00. The van der Waals surface area contributed by atoms with Gasteiger partial charge in [-0.1, -0.05) is 54.6 Å². The van der Waals surface area contributed by atoms with Gasteiger partial charge in [0.2, 0.25) is 0 Å². The van der Waals surface area contributed by atoms with Crippen molar-refractivity contribution in [3.63, 3.8) is 0 Å². The molecule has 0 N–H and O–H groups in total. The quantitative estimate of drug-likeness (QED) is 0.509. The van der Waals surface area contributed by atoms with Crippen LogP contribution in [0.25, 0.3) is 27.5 Å². The van der Waals surface area contributed by atoms with Gasteiger partial charge in [0.15, 0.2) is 0 Å². The van der Waals surface area contributed by atoms with Crippen LogP contribution in [0.4, 0.5) is 0 Å². The molecule has 0 fully saturated rings. The van der Waals surface area contributed by atoms with Crippen molar-refractivity contribution >= 4 is 22.3 Å². The topological polar surface area (TPSA) is 30.7 Å². The van der Waals surface area contributed by atoms with Crippen LogP contribution in [0.5, 0.6) is 0 Å². The Morgan fingerprint density at radius 3 is 2.48 bits per heavy atom. The van der Waals surface area contributed by atoms with Crippen molar-refractivity contribution in [1.29, 1.82) is 0 Å². The number of carbonyl (C=O) groups is 1. The van der Waals surface area contributed by atoms with Crippen molar-refractivity contribution in [2.45, 2.75) is 0 Å². The van der Waals surface area contributed by atoms with Gasteiger partial charge in [0.25, 0.3) is 0 Å². The second-order valence-corrected chi connectivity index (χ2v) is 5.42. The Hall–Kier alpha value is -3.07. The largest absolute Gasteiger partial charge is 0.465 e. The van der Waals surface area contributed by atoms with E-state index in [9.17, 15) is 4.79 Å². The summed E-state index contributed by atoms with van der Waals surface area (Å²) in [6.07, 6.45) is 2.01. The molecule has 0 aliphatic carbocycles. The Bertz CT molecular complexity index is 1020. The lowest BCUT2D eigenvalue weighted by molar-refractivity contribution is 0.0603. The highest BCUT2D eigenvalue weighted by molar-refractivity contribution is 6.09. The average Bonchev–Trinajstić information content (AvgIpc) is 3.02. The summed E-state index contributed by atoms with van der Waals surface area (Å²) in [5, 5.41) is 2.14. The minimum atomic E-state index is -0.318. The number of pyridine rings is 1. The first-order chi connectivity index (χ1) is 11.3. The van der Waals surface area contributed by atoms with E-state index < -0.39 is 0 Å². The summed E-state index contributed by atoms with van der Waals surface area (Å²) in [5.74, 6) is -0.318. The molecule has 0 unspecified atom stereocenters. The molecule has 2 heterocycles. The number of hydrogen-bond acceptors (Lipinski definition) is 2. The van der Waals surface area contributed by atoms with E-state index in [4.69, 9.17) is 4.74 Å². The molecule has 0 saturated heterocycles. The van der Waals surface area contributed by atoms with E-state index >= 15 is 0 Å². The molecule has 2 aromatic heterocycles. The Morgan fingerprint density at radius 2 is 1.70 bits per heavy atom. The number of carbonyl (C=O) groups excluding carboxylic acids is 1. The minimum absolute atomic E-state index is 0.318. The summed E-state index contributed by atoms with van der Waals surface area (Å²) in [6, 6.07) is 22.1. The minimum Gasteiger partial charge on any atom is -0.465 e. The predicted octanol–water partition coefficient (Wildman–Crippen LogP) is 4.55. The Labute approximate surface area is 133 Å². The molecule has 0 bridgehead atoms. The second kappa shape index (κ2) is 5.29. The van der Waals surface area contributed by atoms with Gasteiger partial charge in [-0.2, -0.15) is 0 Å². The van der Waals surface area contributed by atoms with Gasteiger partial charge < -0.3 is 9.14 Å². The summed E-state index contributed by atoms with van der Waals surface area (Å²) in [4.78, 5) is 12.3. The monoisotopic (exact) mass is 301 g/mol. The zero-order valence-corrected chi connectivity index (χ0v) is 12.7. The molecule has 4 aromatic rings. The van der Waals surface area contributed by atoms with Crippen LogP contribution in [0.3, 0.4) is 0 Å². The number of esters is 1. The van der Waals surface area contributed by atoms with Crippen molar-refractivity contribution in [3.8, 4) is 11.3 Å². The van der Waals surface area contributed by atoms with Crippen LogP contribution in [0.15, 0.2) is 72.9 Å². The highest BCUT2D eigenvalue weighted by Crippen LogP contribution is 2.31. The first-order valence-electron chi connectivity index (χ1n) is 7.46. The fourth-order valence-corrected chi connectivity index (χ4v) is 3.06. The molecule has 3 heteroatoms.